The van der Waals surface area contributed by atoms with E-state index in [1.807, 2.05) is 0 Å². The number of carbonyl (C=O) groups excluding carboxylic acids is 2. The van der Waals surface area contributed by atoms with Crippen LogP contribution in [0.3, 0.4) is 0 Å². The van der Waals surface area contributed by atoms with Gasteiger partial charge in [-0.2, -0.15) is 0 Å². The Morgan fingerprint density at radius 2 is 1.52 bits per heavy atom. The average Bonchev–Trinajstić information content (AvgIpc) is 3.10. The molecule has 0 aliphatic heterocycles. The molecule has 2 atom stereocenters. The van der Waals surface area contributed by atoms with Gasteiger partial charge in [0.2, 0.25) is 0 Å². The zero-order chi connectivity index (χ0) is 24.9. The van der Waals surface area contributed by atoms with Gasteiger partial charge in [0.05, 0.1) is 33.6 Å². The monoisotopic (exact) mass is 474 g/mol. The fourth-order valence-corrected chi connectivity index (χ4v) is 2.90. The first-order valence-corrected chi connectivity index (χ1v) is 9.32. The third-order valence-electron chi connectivity index (χ3n) is 4.41. The molecule has 33 heavy (non-hydrogen) atoms. The number of hydrogen-bond acceptors (Lipinski definition) is 11. The van der Waals surface area contributed by atoms with Crippen molar-refractivity contribution in [3.8, 4) is 17.2 Å². The number of nitrogens with zero attached hydrogens (tertiary/aromatic N) is 1. The maximum atomic E-state index is 12.8. The van der Waals surface area contributed by atoms with Gasteiger partial charge in [0.25, 0.3) is 5.75 Å². The number of hydrogen-bond donors (Lipinski definition) is 5. The smallest absolute Gasteiger partial charge is 0.356 e. The molecule has 0 saturated carbocycles. The van der Waals surface area contributed by atoms with Crippen LogP contribution in [0.2, 0.25) is 0 Å². The quantitative estimate of drug-likeness (QED) is 0.178. The van der Waals surface area contributed by atoms with Gasteiger partial charge in [-0.15, -0.1) is 0 Å². The Labute approximate surface area is 185 Å². The molecule has 0 spiro atoms. The minimum atomic E-state index is -1.47. The average molecular weight is 474 g/mol. The van der Waals surface area contributed by atoms with Crippen molar-refractivity contribution in [3.63, 3.8) is 0 Å². The molecule has 0 bridgehead atoms. The van der Waals surface area contributed by atoms with E-state index >= 15 is 0 Å². The lowest BCUT2D eigenvalue weighted by atomic mass is 10.1. The van der Waals surface area contributed by atoms with Crippen LogP contribution in [0.15, 0.2) is 6.20 Å². The maximum absolute atomic E-state index is 12.8. The molecule has 2 heterocycles. The van der Waals surface area contributed by atoms with E-state index in [1.54, 1.807) is 0 Å². The van der Waals surface area contributed by atoms with Crippen LogP contribution in [0.4, 0.5) is 0 Å². The summed E-state index contributed by atoms with van der Waals surface area (Å²) in [5.74, 6) is -5.29. The number of carbonyl (C=O) groups is 3. The molecule has 0 aliphatic carbocycles. The van der Waals surface area contributed by atoms with Crippen molar-refractivity contribution in [2.45, 2.75) is 12.2 Å². The van der Waals surface area contributed by atoms with Crippen LogP contribution >= 0.6 is 0 Å². The number of fused-ring (bicyclic) bond motifs is 1. The molecule has 2 aromatic heterocycles. The number of aromatic nitrogens is 1. The Bertz CT molecular complexity index is 1040. The summed E-state index contributed by atoms with van der Waals surface area (Å²) in [5, 5.41) is 54.7. The summed E-state index contributed by atoms with van der Waals surface area (Å²) in [6, 6.07) is 0. The Balaban J connectivity index is 2.80. The molecule has 0 aromatic carbocycles. The zero-order valence-electron chi connectivity index (χ0n) is 17.6. The van der Waals surface area contributed by atoms with E-state index in [1.165, 1.54) is 0 Å². The van der Waals surface area contributed by atoms with Crippen molar-refractivity contribution in [1.82, 2.24) is 4.40 Å². The van der Waals surface area contributed by atoms with Crippen LogP contribution in [0.5, 0.6) is 17.2 Å². The second-order valence-electron chi connectivity index (χ2n) is 6.60. The summed E-state index contributed by atoms with van der Waals surface area (Å²) in [6.07, 6.45) is -1.82. The summed E-state index contributed by atoms with van der Waals surface area (Å²) in [6.45, 7) is -2.77. The molecule has 0 fully saturated rings. The Hall–Kier alpha value is -3.59. The number of carboxylic acids is 1. The molecule has 2 aromatic rings. The molecule has 14 heteroatoms. The van der Waals surface area contributed by atoms with Gasteiger partial charge in [0, 0.05) is 0 Å². The highest BCUT2D eigenvalue weighted by atomic mass is 16.6. The predicted octanol–water partition coefficient (Wildman–Crippen LogP) is -1.89. The molecule has 2 rings (SSSR count). The van der Waals surface area contributed by atoms with Crippen LogP contribution in [0, 0.1) is 0 Å². The number of esters is 2. The standard InChI is InChI=1S/C19H23NO13/c1-30-10-3-20-13(19(29)33-7-9(24)5-22)12(18(28)32-6-8(23)4-21)15(25)14(20)16(31-2)11(10)17(26)27/h3,8-9,21-25H,4-7H2,1-2H3,(H,26,27)/p+1. The molecule has 2 unspecified atom stereocenters. The molecule has 0 amide bonds. The van der Waals surface area contributed by atoms with Crippen LogP contribution in [0.1, 0.15) is 31.2 Å². The van der Waals surface area contributed by atoms with Gasteiger partial charge in [0.15, 0.2) is 28.3 Å². The van der Waals surface area contributed by atoms with Crippen molar-refractivity contribution < 1.29 is 64.0 Å². The molecular weight excluding hydrogens is 450 g/mol. The van der Waals surface area contributed by atoms with E-state index < -0.39 is 84.9 Å². The molecule has 0 aliphatic rings. The summed E-state index contributed by atoms with van der Waals surface area (Å²) in [7, 11) is 2.26. The number of carboxylic acid groups (broad SMARTS) is 1. The number of ether oxygens (including phenoxy) is 4. The maximum Gasteiger partial charge on any atom is 0.356 e. The van der Waals surface area contributed by atoms with E-state index in [-0.39, 0.29) is 11.3 Å². The van der Waals surface area contributed by atoms with Gasteiger partial charge in [-0.05, 0) is 0 Å². The van der Waals surface area contributed by atoms with Gasteiger partial charge in [-0.3, -0.25) is 4.40 Å². The molecular formula is C19H24NO13+. The number of pyridine rings is 1. The van der Waals surface area contributed by atoms with E-state index in [9.17, 15) is 29.7 Å². The Morgan fingerprint density at radius 1 is 0.970 bits per heavy atom. The largest absolute Gasteiger partial charge is 0.591 e. The van der Waals surface area contributed by atoms with Crippen molar-refractivity contribution in [3.05, 3.63) is 23.0 Å². The van der Waals surface area contributed by atoms with Gasteiger partial charge >= 0.3 is 17.9 Å². The summed E-state index contributed by atoms with van der Waals surface area (Å²) in [5.41, 5.74) is -2.03. The highest BCUT2D eigenvalue weighted by Gasteiger charge is 2.38. The first-order chi connectivity index (χ1) is 15.6. The zero-order valence-corrected chi connectivity index (χ0v) is 17.6. The fraction of sp³-hybridized carbons (Fsp3) is 0.421. The number of methoxy groups -OCH3 is 2. The number of rotatable bonds is 11. The van der Waals surface area contributed by atoms with Crippen molar-refractivity contribution in [2.24, 2.45) is 0 Å². The summed E-state index contributed by atoms with van der Waals surface area (Å²) in [4.78, 5) is 37.3. The van der Waals surface area contributed by atoms with Crippen LogP contribution < -0.4 is 9.47 Å². The van der Waals surface area contributed by atoms with E-state index in [0.717, 1.165) is 24.8 Å². The molecule has 7 N–H and O–H groups in total. The van der Waals surface area contributed by atoms with E-state index in [4.69, 9.17) is 34.3 Å². The number of aliphatic hydroxyl groups is 4. The minimum Gasteiger partial charge on any atom is -0.591 e. The third kappa shape index (κ3) is 5.09. The Morgan fingerprint density at radius 3 is 1.97 bits per heavy atom. The summed E-state index contributed by atoms with van der Waals surface area (Å²) >= 11 is 0. The third-order valence-corrected chi connectivity index (χ3v) is 4.41. The normalized spacial score (nSPS) is 12.8. The second-order valence-corrected chi connectivity index (χ2v) is 6.60. The van der Waals surface area contributed by atoms with Crippen LogP contribution in [-0.4, -0.2) is 106 Å². The van der Waals surface area contributed by atoms with Crippen molar-refractivity contribution >= 4 is 23.4 Å². The van der Waals surface area contributed by atoms with Gasteiger partial charge in [-0.25, -0.2) is 14.4 Å². The lowest BCUT2D eigenvalue weighted by Gasteiger charge is -2.13. The highest BCUT2D eigenvalue weighted by molar-refractivity contribution is 6.09. The van der Waals surface area contributed by atoms with Gasteiger partial charge in [0.1, 0.15) is 31.0 Å². The SMILES string of the molecule is COc1cn2c(C(=O)OCC(O)CO)c(C(=O)OCC(O)CO)c([OH2+])c2c(OC)c1C(=O)O. The highest BCUT2D eigenvalue weighted by Crippen LogP contribution is 2.42. The molecule has 14 nitrogen and oxygen atoms in total. The Kier molecular flexibility index (Phi) is 8.42. The number of aliphatic hydroxyl groups excluding tert-OH is 4. The lowest BCUT2D eigenvalue weighted by molar-refractivity contribution is 0.00593. The fourth-order valence-electron chi connectivity index (χ4n) is 2.90. The van der Waals surface area contributed by atoms with Crippen molar-refractivity contribution in [2.75, 3.05) is 40.6 Å². The van der Waals surface area contributed by atoms with Gasteiger partial charge in [-0.1, -0.05) is 0 Å². The molecule has 0 radical (unpaired) electrons. The topological polar surface area (TPSA) is 217 Å². The van der Waals surface area contributed by atoms with E-state index in [0.29, 0.717) is 0 Å². The first kappa shape index (κ1) is 25.7. The van der Waals surface area contributed by atoms with Gasteiger partial charge < -0.3 is 49.6 Å². The van der Waals surface area contributed by atoms with E-state index in [2.05, 4.69) is 0 Å². The number of aromatic carboxylic acids is 1. The second kappa shape index (κ2) is 10.8. The first-order valence-electron chi connectivity index (χ1n) is 9.32. The molecule has 182 valence electrons. The van der Waals surface area contributed by atoms with Crippen molar-refractivity contribution in [1.29, 1.82) is 0 Å². The summed E-state index contributed by atoms with van der Waals surface area (Å²) < 4.78 is 20.9. The predicted molar refractivity (Wildman–Crippen MR) is 107 cm³/mol. The lowest BCUT2D eigenvalue weighted by Crippen LogP contribution is -2.25. The van der Waals surface area contributed by atoms with Crippen LogP contribution in [-0.2, 0) is 9.47 Å². The minimum absolute atomic E-state index is 0.276. The molecule has 0 saturated heterocycles. The van der Waals surface area contributed by atoms with Crippen LogP contribution in [0.25, 0.3) is 5.52 Å².